The van der Waals surface area contributed by atoms with Crippen LogP contribution in [0.3, 0.4) is 0 Å². The first-order valence-electron chi connectivity index (χ1n) is 12.1. The Kier molecular flexibility index (Phi) is 9.44. The average molecular weight is 513 g/mol. The maximum Gasteiger partial charge on any atom is 0.295 e. The van der Waals surface area contributed by atoms with Gasteiger partial charge in [-0.2, -0.15) is 13.1 Å². The number of para-hydroxylation sites is 1. The van der Waals surface area contributed by atoms with Crippen LogP contribution in [0.5, 0.6) is 11.5 Å². The number of benzene rings is 2. The van der Waals surface area contributed by atoms with Crippen LogP contribution >= 0.6 is 0 Å². The van der Waals surface area contributed by atoms with Crippen molar-refractivity contribution in [1.29, 1.82) is 0 Å². The number of pyridine rings is 2. The van der Waals surface area contributed by atoms with Crippen LogP contribution in [0.1, 0.15) is 57.6 Å². The Bertz CT molecular complexity index is 1420. The Morgan fingerprint density at radius 3 is 2.25 bits per heavy atom. The molecule has 4 rings (SSSR count). The number of rotatable bonds is 9. The number of aromatic hydroxyl groups is 2. The molecule has 3 N–H and O–H groups in total. The summed E-state index contributed by atoms with van der Waals surface area (Å²) in [5.41, 5.74) is 1.36. The lowest BCUT2D eigenvalue weighted by Gasteiger charge is -2.09. The summed E-state index contributed by atoms with van der Waals surface area (Å²) in [6, 6.07) is 14.1. The second-order valence-electron chi connectivity index (χ2n) is 8.66. The number of phenolic OH excluding ortho intramolecular Hbond substituents is 1. The van der Waals surface area contributed by atoms with E-state index in [0.29, 0.717) is 16.6 Å². The summed E-state index contributed by atoms with van der Waals surface area (Å²) in [7, 11) is -4.30. The zero-order chi connectivity index (χ0) is 26.1. The highest BCUT2D eigenvalue weighted by Gasteiger charge is 2.16. The Balaban J connectivity index is 0.000000212. The summed E-state index contributed by atoms with van der Waals surface area (Å²) in [6.45, 7) is 2.22. The van der Waals surface area contributed by atoms with Crippen LogP contribution in [-0.2, 0) is 16.5 Å². The van der Waals surface area contributed by atoms with E-state index in [1.807, 2.05) is 12.1 Å². The number of aryl methyl sites for hydroxylation is 1. The lowest BCUT2D eigenvalue weighted by molar-refractivity contribution is -0.586. The molecule has 0 unspecified atom stereocenters. The molecule has 2 aromatic heterocycles. The molecule has 192 valence electrons. The fraction of sp³-hybridized carbons (Fsp3) is 0.333. The van der Waals surface area contributed by atoms with E-state index < -0.39 is 10.1 Å². The molecule has 0 saturated carbocycles. The van der Waals surface area contributed by atoms with Crippen molar-refractivity contribution in [2.24, 2.45) is 0 Å². The standard InChI is InChI=1S/C18H25NO2.C9H7NO4S/c1-2-3-4-5-6-7-8-11-15-14-18(20)16-12-9-10-13-17(16)19(15)21;11-7-3-4-8(15(12,13)14)6-2-1-5-10-9(6)7/h9-10,12-14,20H,2-8,11H2,1H3;1-5,11H,(H,12,13,14). The van der Waals surface area contributed by atoms with Gasteiger partial charge in [-0.3, -0.25) is 9.54 Å². The third-order valence-corrected chi connectivity index (χ3v) is 6.90. The molecule has 0 atom stereocenters. The highest BCUT2D eigenvalue weighted by Crippen LogP contribution is 2.28. The minimum atomic E-state index is -4.30. The Hall–Kier alpha value is -3.43. The van der Waals surface area contributed by atoms with E-state index in [4.69, 9.17) is 4.55 Å². The summed E-state index contributed by atoms with van der Waals surface area (Å²) in [6.07, 6.45) is 10.7. The lowest BCUT2D eigenvalue weighted by Crippen LogP contribution is -2.32. The third-order valence-electron chi connectivity index (χ3n) is 5.99. The maximum atomic E-state index is 12.3. The Morgan fingerprint density at radius 1 is 0.861 bits per heavy atom. The topological polar surface area (TPSA) is 135 Å². The van der Waals surface area contributed by atoms with Gasteiger partial charge in [-0.05, 0) is 36.8 Å². The molecule has 2 aromatic carbocycles. The van der Waals surface area contributed by atoms with Gasteiger partial charge in [0.2, 0.25) is 5.52 Å². The number of aromatic nitrogens is 2. The van der Waals surface area contributed by atoms with Crippen molar-refractivity contribution in [2.75, 3.05) is 0 Å². The first kappa shape index (κ1) is 27.2. The predicted molar refractivity (Wildman–Crippen MR) is 139 cm³/mol. The highest BCUT2D eigenvalue weighted by molar-refractivity contribution is 7.86. The molecule has 0 saturated heterocycles. The van der Waals surface area contributed by atoms with Crippen LogP contribution in [0, 0.1) is 5.21 Å². The van der Waals surface area contributed by atoms with Gasteiger partial charge in [-0.15, -0.1) is 0 Å². The lowest BCUT2D eigenvalue weighted by atomic mass is 10.1. The molecule has 9 heteroatoms. The summed E-state index contributed by atoms with van der Waals surface area (Å²) >= 11 is 0. The minimum Gasteiger partial charge on any atom is -0.618 e. The Morgan fingerprint density at radius 2 is 1.53 bits per heavy atom. The average Bonchev–Trinajstić information content (AvgIpc) is 2.86. The van der Waals surface area contributed by atoms with Crippen molar-refractivity contribution in [2.45, 2.75) is 63.2 Å². The normalized spacial score (nSPS) is 11.4. The number of phenols is 1. The monoisotopic (exact) mass is 512 g/mol. The van der Waals surface area contributed by atoms with Crippen molar-refractivity contribution in [1.82, 2.24) is 4.98 Å². The zero-order valence-corrected chi connectivity index (χ0v) is 21.1. The number of nitrogens with zero attached hydrogens (tertiary/aromatic N) is 2. The molecule has 2 heterocycles. The molecular weight excluding hydrogens is 480 g/mol. The van der Waals surface area contributed by atoms with Crippen LogP contribution in [0.15, 0.2) is 65.7 Å². The summed E-state index contributed by atoms with van der Waals surface area (Å²) in [4.78, 5) is 3.57. The third kappa shape index (κ3) is 6.83. The van der Waals surface area contributed by atoms with E-state index >= 15 is 0 Å². The SMILES string of the molecule is CCCCCCCCCc1cc(O)c2ccccc2[n+]1[O-].O=S(=O)(O)c1ccc(O)c2ncccc12. The largest absolute Gasteiger partial charge is 0.618 e. The van der Waals surface area contributed by atoms with E-state index in [0.717, 1.165) is 30.1 Å². The van der Waals surface area contributed by atoms with Crippen molar-refractivity contribution in [3.63, 3.8) is 0 Å². The van der Waals surface area contributed by atoms with Crippen LogP contribution < -0.4 is 4.73 Å². The quantitative estimate of drug-likeness (QED) is 0.114. The molecular formula is C27H32N2O6S. The van der Waals surface area contributed by atoms with Crippen molar-refractivity contribution in [3.05, 3.63) is 71.7 Å². The molecule has 0 bridgehead atoms. The number of unbranched alkanes of at least 4 members (excludes halogenated alkanes) is 6. The van der Waals surface area contributed by atoms with Crippen molar-refractivity contribution in [3.8, 4) is 11.5 Å². The van der Waals surface area contributed by atoms with Gasteiger partial charge in [0, 0.05) is 30.1 Å². The fourth-order valence-corrected chi connectivity index (χ4v) is 4.79. The van der Waals surface area contributed by atoms with Gasteiger partial charge in [0.15, 0.2) is 5.69 Å². The number of hydrogen-bond donors (Lipinski definition) is 3. The first-order chi connectivity index (χ1) is 17.2. The Labute approximate surface area is 211 Å². The van der Waals surface area contributed by atoms with E-state index in [-0.39, 0.29) is 27.3 Å². The van der Waals surface area contributed by atoms with Crippen molar-refractivity contribution < 1.29 is 27.9 Å². The van der Waals surface area contributed by atoms with Crippen LogP contribution in [-0.4, -0.2) is 28.2 Å². The number of fused-ring (bicyclic) bond motifs is 2. The van der Waals surface area contributed by atoms with Crippen LogP contribution in [0.4, 0.5) is 0 Å². The molecule has 0 spiro atoms. The van der Waals surface area contributed by atoms with Gasteiger partial charge in [0.1, 0.15) is 21.9 Å². The smallest absolute Gasteiger partial charge is 0.295 e. The van der Waals surface area contributed by atoms with E-state index in [1.54, 1.807) is 18.2 Å². The molecule has 0 aliphatic rings. The summed E-state index contributed by atoms with van der Waals surface area (Å²) in [5, 5.41) is 32.6. The van der Waals surface area contributed by atoms with Crippen LogP contribution in [0.25, 0.3) is 21.8 Å². The molecule has 4 aromatic rings. The van der Waals surface area contributed by atoms with E-state index in [2.05, 4.69) is 11.9 Å². The molecule has 0 amide bonds. The summed E-state index contributed by atoms with van der Waals surface area (Å²) in [5.74, 6) is 0.0774. The molecule has 0 aliphatic heterocycles. The maximum absolute atomic E-state index is 12.3. The molecule has 0 aliphatic carbocycles. The van der Waals surface area contributed by atoms with Gasteiger partial charge < -0.3 is 15.4 Å². The second kappa shape index (κ2) is 12.5. The first-order valence-corrected chi connectivity index (χ1v) is 13.6. The molecule has 36 heavy (non-hydrogen) atoms. The second-order valence-corrected chi connectivity index (χ2v) is 10.1. The zero-order valence-electron chi connectivity index (χ0n) is 20.3. The minimum absolute atomic E-state index is 0.127. The molecule has 0 radical (unpaired) electrons. The molecule has 8 nitrogen and oxygen atoms in total. The predicted octanol–water partition coefficient (Wildman–Crippen LogP) is 5.66. The van der Waals surface area contributed by atoms with Gasteiger partial charge >= 0.3 is 0 Å². The highest BCUT2D eigenvalue weighted by atomic mass is 32.2. The fourth-order valence-electron chi connectivity index (χ4n) is 4.11. The van der Waals surface area contributed by atoms with Gasteiger partial charge in [0.05, 0.1) is 5.39 Å². The van der Waals surface area contributed by atoms with Crippen LogP contribution in [0.2, 0.25) is 0 Å². The van der Waals surface area contributed by atoms with E-state index in [9.17, 15) is 23.8 Å². The van der Waals surface area contributed by atoms with E-state index in [1.165, 1.54) is 56.5 Å². The van der Waals surface area contributed by atoms with Gasteiger partial charge in [-0.1, -0.05) is 57.6 Å². The summed E-state index contributed by atoms with van der Waals surface area (Å²) < 4.78 is 31.9. The number of hydrogen-bond acceptors (Lipinski definition) is 6. The van der Waals surface area contributed by atoms with Gasteiger partial charge in [-0.25, -0.2) is 0 Å². The van der Waals surface area contributed by atoms with Gasteiger partial charge in [0.25, 0.3) is 10.1 Å². The van der Waals surface area contributed by atoms with Crippen molar-refractivity contribution >= 4 is 31.9 Å². The molecule has 0 fully saturated rings.